The molecule has 0 rings (SSSR count). The van der Waals surface area contributed by atoms with Crippen molar-refractivity contribution in [3.63, 3.8) is 0 Å². The topological polar surface area (TPSA) is 99.9 Å². The molecule has 0 aliphatic carbocycles. The lowest BCUT2D eigenvalue weighted by atomic mass is 9.99. The van der Waals surface area contributed by atoms with Crippen molar-refractivity contribution >= 4 is 5.97 Å². The molecule has 0 spiro atoms. The summed E-state index contributed by atoms with van der Waals surface area (Å²) >= 11 is 0. The Hall–Kier alpha value is -2.48. The second kappa shape index (κ2) is 5.73. The van der Waals surface area contributed by atoms with Crippen molar-refractivity contribution in [2.45, 2.75) is 13.1 Å². The van der Waals surface area contributed by atoms with Crippen molar-refractivity contribution in [2.75, 3.05) is 7.11 Å². The Morgan fingerprint density at radius 2 is 1.72 bits per heavy atom. The first-order valence-corrected chi connectivity index (χ1v) is 4.37. The standard InChI is InChI=1S/C10H8F3N3O2/c1-5(16)7(9(17)18-2)8(10(11,12)13)6(3-14)4-15/h16H2,1-2H3/b7-5-. The third-order valence-electron chi connectivity index (χ3n) is 1.79. The second-order valence-corrected chi connectivity index (χ2v) is 3.02. The van der Waals surface area contributed by atoms with E-state index in [1.807, 2.05) is 0 Å². The number of esters is 1. The van der Waals surface area contributed by atoms with E-state index in [0.29, 0.717) is 0 Å². The average molecular weight is 259 g/mol. The molecule has 0 unspecified atom stereocenters. The minimum absolute atomic E-state index is 0.503. The number of nitrogens with two attached hydrogens (primary N) is 1. The molecule has 0 saturated heterocycles. The maximum atomic E-state index is 12.8. The van der Waals surface area contributed by atoms with E-state index < -0.39 is 34.6 Å². The molecule has 0 aromatic carbocycles. The van der Waals surface area contributed by atoms with Crippen LogP contribution < -0.4 is 5.73 Å². The van der Waals surface area contributed by atoms with Gasteiger partial charge in [-0.1, -0.05) is 0 Å². The van der Waals surface area contributed by atoms with E-state index >= 15 is 0 Å². The number of allylic oxidation sites excluding steroid dienone is 2. The lowest BCUT2D eigenvalue weighted by Gasteiger charge is -2.15. The lowest BCUT2D eigenvalue weighted by Crippen LogP contribution is -2.24. The minimum atomic E-state index is -5.08. The van der Waals surface area contributed by atoms with Gasteiger partial charge in [-0.3, -0.25) is 0 Å². The van der Waals surface area contributed by atoms with Crippen molar-refractivity contribution in [2.24, 2.45) is 5.73 Å². The summed E-state index contributed by atoms with van der Waals surface area (Å²) in [4.78, 5) is 11.3. The largest absolute Gasteiger partial charge is 0.465 e. The van der Waals surface area contributed by atoms with E-state index in [2.05, 4.69) is 4.74 Å². The Morgan fingerprint density at radius 3 is 1.94 bits per heavy atom. The first kappa shape index (κ1) is 15.5. The molecule has 8 heteroatoms. The van der Waals surface area contributed by atoms with E-state index in [-0.39, 0.29) is 0 Å². The Labute approximate surface area is 101 Å². The van der Waals surface area contributed by atoms with Gasteiger partial charge in [-0.2, -0.15) is 23.7 Å². The minimum Gasteiger partial charge on any atom is -0.465 e. The molecule has 0 aliphatic rings. The summed E-state index contributed by atoms with van der Waals surface area (Å²) in [5, 5.41) is 17.0. The normalized spacial score (nSPS) is 11.7. The smallest absolute Gasteiger partial charge is 0.419 e. The van der Waals surface area contributed by atoms with Crippen LogP contribution in [0.15, 0.2) is 22.4 Å². The van der Waals surface area contributed by atoms with Crippen LogP contribution >= 0.6 is 0 Å². The number of hydrogen-bond acceptors (Lipinski definition) is 5. The molecule has 96 valence electrons. The van der Waals surface area contributed by atoms with Crippen LogP contribution in [0.25, 0.3) is 0 Å². The van der Waals surface area contributed by atoms with E-state index in [4.69, 9.17) is 16.3 Å². The highest BCUT2D eigenvalue weighted by Crippen LogP contribution is 2.34. The van der Waals surface area contributed by atoms with E-state index in [1.54, 1.807) is 0 Å². The quantitative estimate of drug-likeness (QED) is 0.348. The summed E-state index contributed by atoms with van der Waals surface area (Å²) in [5.74, 6) is -1.37. The van der Waals surface area contributed by atoms with Crippen LogP contribution in [0, 0.1) is 22.7 Å². The van der Waals surface area contributed by atoms with Gasteiger partial charge in [0.1, 0.15) is 23.3 Å². The summed E-state index contributed by atoms with van der Waals surface area (Å²) in [6.45, 7) is 1.03. The van der Waals surface area contributed by atoms with Crippen LogP contribution in [0.2, 0.25) is 0 Å². The third kappa shape index (κ3) is 3.25. The molecule has 18 heavy (non-hydrogen) atoms. The zero-order valence-electron chi connectivity index (χ0n) is 9.42. The van der Waals surface area contributed by atoms with Gasteiger partial charge in [-0.05, 0) is 6.92 Å². The van der Waals surface area contributed by atoms with Crippen molar-refractivity contribution in [1.29, 1.82) is 10.5 Å². The Kier molecular flexibility index (Phi) is 4.94. The molecule has 0 amide bonds. The zero-order chi connectivity index (χ0) is 14.5. The fourth-order valence-corrected chi connectivity index (χ4v) is 1.11. The maximum absolute atomic E-state index is 12.8. The van der Waals surface area contributed by atoms with Gasteiger partial charge in [-0.25, -0.2) is 4.79 Å². The van der Waals surface area contributed by atoms with Gasteiger partial charge in [0.25, 0.3) is 0 Å². The molecule has 0 radical (unpaired) electrons. The van der Waals surface area contributed by atoms with Crippen molar-refractivity contribution in [3.8, 4) is 12.1 Å². The molecule has 0 aromatic heterocycles. The van der Waals surface area contributed by atoms with Crippen LogP contribution in [-0.4, -0.2) is 19.3 Å². The fourth-order valence-electron chi connectivity index (χ4n) is 1.11. The highest BCUT2D eigenvalue weighted by atomic mass is 19.4. The number of carbonyl (C=O) groups is 1. The molecular formula is C10H8F3N3O2. The summed E-state index contributed by atoms with van der Waals surface area (Å²) < 4.78 is 42.5. The van der Waals surface area contributed by atoms with Gasteiger partial charge in [0.15, 0.2) is 0 Å². The van der Waals surface area contributed by atoms with Gasteiger partial charge in [0.2, 0.25) is 0 Å². The second-order valence-electron chi connectivity index (χ2n) is 3.02. The molecular weight excluding hydrogens is 251 g/mol. The molecule has 0 aliphatic heterocycles. The predicted molar refractivity (Wildman–Crippen MR) is 53.2 cm³/mol. The molecule has 2 N–H and O–H groups in total. The van der Waals surface area contributed by atoms with Gasteiger partial charge in [-0.15, -0.1) is 0 Å². The van der Waals surface area contributed by atoms with Crippen LogP contribution in [-0.2, 0) is 9.53 Å². The SMILES string of the molecule is COC(=O)/C(C(=C(C#N)C#N)C(F)(F)F)=C(/C)N. The molecule has 0 heterocycles. The number of carbonyl (C=O) groups excluding carboxylic acids is 1. The number of ether oxygens (including phenoxy) is 1. The number of alkyl halides is 3. The highest BCUT2D eigenvalue weighted by molar-refractivity contribution is 5.95. The Balaban J connectivity index is 6.36. The Morgan fingerprint density at radius 1 is 1.28 bits per heavy atom. The van der Waals surface area contributed by atoms with Crippen LogP contribution in [0.5, 0.6) is 0 Å². The van der Waals surface area contributed by atoms with Crippen molar-refractivity contribution in [3.05, 3.63) is 22.4 Å². The number of hydrogen-bond donors (Lipinski definition) is 1. The molecule has 0 atom stereocenters. The Bertz CT molecular complexity index is 484. The van der Waals surface area contributed by atoms with Gasteiger partial charge < -0.3 is 10.5 Å². The van der Waals surface area contributed by atoms with E-state index in [9.17, 15) is 18.0 Å². The number of nitrogens with zero attached hydrogens (tertiary/aromatic N) is 2. The monoisotopic (exact) mass is 259 g/mol. The van der Waals surface area contributed by atoms with Crippen molar-refractivity contribution in [1.82, 2.24) is 0 Å². The first-order chi connectivity index (χ1) is 8.20. The van der Waals surface area contributed by atoms with Crippen LogP contribution in [0.3, 0.4) is 0 Å². The zero-order valence-corrected chi connectivity index (χ0v) is 9.42. The fraction of sp³-hybridized carbons (Fsp3) is 0.300. The summed E-state index contributed by atoms with van der Waals surface area (Å²) in [7, 11) is 0.859. The lowest BCUT2D eigenvalue weighted by molar-refractivity contribution is -0.137. The molecule has 0 aromatic rings. The molecule has 0 bridgehead atoms. The first-order valence-electron chi connectivity index (χ1n) is 4.37. The third-order valence-corrected chi connectivity index (χ3v) is 1.79. The van der Waals surface area contributed by atoms with Crippen LogP contribution in [0.4, 0.5) is 13.2 Å². The molecule has 0 fully saturated rings. The number of nitriles is 2. The summed E-state index contributed by atoms with van der Waals surface area (Å²) in [5.41, 5.74) is 0.691. The molecule has 5 nitrogen and oxygen atoms in total. The van der Waals surface area contributed by atoms with Gasteiger partial charge >= 0.3 is 12.1 Å². The number of rotatable bonds is 2. The van der Waals surface area contributed by atoms with Crippen molar-refractivity contribution < 1.29 is 22.7 Å². The van der Waals surface area contributed by atoms with Gasteiger partial charge in [0, 0.05) is 5.70 Å². The summed E-state index contributed by atoms with van der Waals surface area (Å²) in [6, 6.07) is 2.15. The highest BCUT2D eigenvalue weighted by Gasteiger charge is 2.42. The van der Waals surface area contributed by atoms with Crippen LogP contribution in [0.1, 0.15) is 6.92 Å². The summed E-state index contributed by atoms with van der Waals surface area (Å²) in [6.07, 6.45) is -5.08. The predicted octanol–water partition coefficient (Wildman–Crippen LogP) is 1.30. The maximum Gasteiger partial charge on any atom is 0.419 e. The van der Waals surface area contributed by atoms with E-state index in [1.165, 1.54) is 0 Å². The average Bonchev–Trinajstić information content (AvgIpc) is 2.26. The van der Waals surface area contributed by atoms with E-state index in [0.717, 1.165) is 26.2 Å². The molecule has 0 saturated carbocycles. The number of methoxy groups -OCH3 is 1. The number of halogens is 3. The van der Waals surface area contributed by atoms with Gasteiger partial charge in [0.05, 0.1) is 12.7 Å².